The Hall–Kier alpha value is -0.650. The van der Waals surface area contributed by atoms with Gasteiger partial charge in [-0.15, -0.1) is 0 Å². The van der Waals surface area contributed by atoms with Crippen LogP contribution in [0.5, 0.6) is 0 Å². The molecule has 0 radical (unpaired) electrons. The molecule has 0 bridgehead atoms. The van der Waals surface area contributed by atoms with Gasteiger partial charge in [0, 0.05) is 26.2 Å². The van der Waals surface area contributed by atoms with Gasteiger partial charge in [-0.25, -0.2) is 0 Å². The summed E-state index contributed by atoms with van der Waals surface area (Å²) in [5.74, 6) is 0.637. The Balaban J connectivity index is 1.59. The average molecular weight is 254 g/mol. The molecule has 2 aliphatic rings. The maximum Gasteiger partial charge on any atom is 0.231 e. The average Bonchev–Trinajstić information content (AvgIpc) is 2.38. The number of carbonyl (C=O) groups excluding carboxylic acids is 1. The highest BCUT2D eigenvalue weighted by Gasteiger charge is 2.20. The van der Waals surface area contributed by atoms with Crippen molar-refractivity contribution in [1.29, 1.82) is 0 Å². The number of hydrogen-bond donors (Lipinski definition) is 2. The standard InChI is InChI=1S/C13H26N4O/c14-13(18)11-17-7-2-12(3-8-17)1-6-16-9-4-15-5-10-16/h12,15H,1-11H2,(H2,14,18). The Kier molecular flexibility index (Phi) is 5.41. The molecule has 104 valence electrons. The predicted octanol–water partition coefficient (Wildman–Crippen LogP) is -0.521. The summed E-state index contributed by atoms with van der Waals surface area (Å²) in [5.41, 5.74) is 5.22. The summed E-state index contributed by atoms with van der Waals surface area (Å²) in [5, 5.41) is 3.38. The third-order valence-corrected chi connectivity index (χ3v) is 4.15. The molecule has 5 heteroatoms. The molecule has 2 saturated heterocycles. The van der Waals surface area contributed by atoms with Crippen molar-refractivity contribution in [3.05, 3.63) is 0 Å². The summed E-state index contributed by atoms with van der Waals surface area (Å²) in [6, 6.07) is 0. The fraction of sp³-hybridized carbons (Fsp3) is 0.923. The Bertz CT molecular complexity index is 258. The second-order valence-corrected chi connectivity index (χ2v) is 5.57. The molecule has 0 aromatic carbocycles. The van der Waals surface area contributed by atoms with Crippen LogP contribution in [0.2, 0.25) is 0 Å². The predicted molar refractivity (Wildman–Crippen MR) is 72.3 cm³/mol. The van der Waals surface area contributed by atoms with Gasteiger partial charge in [0.05, 0.1) is 6.54 Å². The number of nitrogens with one attached hydrogen (secondary N) is 1. The summed E-state index contributed by atoms with van der Waals surface area (Å²) in [4.78, 5) is 15.6. The van der Waals surface area contributed by atoms with Crippen LogP contribution < -0.4 is 11.1 Å². The first-order valence-electron chi connectivity index (χ1n) is 7.18. The van der Waals surface area contributed by atoms with E-state index in [9.17, 15) is 4.79 Å². The molecule has 2 rings (SSSR count). The first kappa shape index (κ1) is 13.8. The van der Waals surface area contributed by atoms with Gasteiger partial charge in [-0.2, -0.15) is 0 Å². The first-order chi connectivity index (χ1) is 8.74. The molecule has 2 heterocycles. The van der Waals surface area contributed by atoms with Crippen molar-refractivity contribution in [2.45, 2.75) is 19.3 Å². The number of likely N-dealkylation sites (tertiary alicyclic amines) is 1. The van der Waals surface area contributed by atoms with Crippen molar-refractivity contribution in [2.24, 2.45) is 11.7 Å². The quantitative estimate of drug-likeness (QED) is 0.693. The normalized spacial score (nSPS) is 24.2. The van der Waals surface area contributed by atoms with Crippen LogP contribution in [0, 0.1) is 5.92 Å². The summed E-state index contributed by atoms with van der Waals surface area (Å²) >= 11 is 0. The van der Waals surface area contributed by atoms with Crippen molar-refractivity contribution in [2.75, 3.05) is 52.4 Å². The number of piperidine rings is 1. The number of amides is 1. The fourth-order valence-corrected chi connectivity index (χ4v) is 2.95. The summed E-state index contributed by atoms with van der Waals surface area (Å²) in [7, 11) is 0. The highest BCUT2D eigenvalue weighted by atomic mass is 16.1. The van der Waals surface area contributed by atoms with E-state index < -0.39 is 0 Å². The monoisotopic (exact) mass is 254 g/mol. The highest BCUT2D eigenvalue weighted by Crippen LogP contribution is 2.20. The lowest BCUT2D eigenvalue weighted by Gasteiger charge is -2.33. The Labute approximate surface area is 110 Å². The lowest BCUT2D eigenvalue weighted by molar-refractivity contribution is -0.119. The second-order valence-electron chi connectivity index (χ2n) is 5.57. The largest absolute Gasteiger partial charge is 0.369 e. The zero-order valence-electron chi connectivity index (χ0n) is 11.2. The first-order valence-corrected chi connectivity index (χ1v) is 7.18. The van der Waals surface area contributed by atoms with Crippen molar-refractivity contribution >= 4 is 5.91 Å². The molecule has 18 heavy (non-hydrogen) atoms. The van der Waals surface area contributed by atoms with Crippen LogP contribution >= 0.6 is 0 Å². The van der Waals surface area contributed by atoms with Crippen LogP contribution in [-0.4, -0.2) is 68.1 Å². The lowest BCUT2D eigenvalue weighted by atomic mass is 9.93. The number of piperazine rings is 1. The van der Waals surface area contributed by atoms with Crippen LogP contribution in [0.4, 0.5) is 0 Å². The van der Waals surface area contributed by atoms with Crippen LogP contribution in [0.3, 0.4) is 0 Å². The number of nitrogens with zero attached hydrogens (tertiary/aromatic N) is 2. The maximum atomic E-state index is 10.8. The summed E-state index contributed by atoms with van der Waals surface area (Å²) in [6.07, 6.45) is 3.75. The molecular weight excluding hydrogens is 228 g/mol. The van der Waals surface area contributed by atoms with E-state index in [1.807, 2.05) is 0 Å². The van der Waals surface area contributed by atoms with Gasteiger partial charge in [0.15, 0.2) is 0 Å². The summed E-state index contributed by atoms with van der Waals surface area (Å²) < 4.78 is 0. The number of rotatable bonds is 5. The van der Waals surface area contributed by atoms with E-state index in [-0.39, 0.29) is 5.91 Å². The Morgan fingerprint density at radius 2 is 1.78 bits per heavy atom. The third-order valence-electron chi connectivity index (χ3n) is 4.15. The molecule has 0 saturated carbocycles. The Morgan fingerprint density at radius 1 is 1.11 bits per heavy atom. The van der Waals surface area contributed by atoms with Gasteiger partial charge in [0.1, 0.15) is 0 Å². The van der Waals surface area contributed by atoms with Gasteiger partial charge in [-0.1, -0.05) is 0 Å². The molecular formula is C13H26N4O. The van der Waals surface area contributed by atoms with Crippen LogP contribution in [0.25, 0.3) is 0 Å². The number of carbonyl (C=O) groups is 1. The molecule has 0 aliphatic carbocycles. The number of nitrogens with two attached hydrogens (primary N) is 1. The van der Waals surface area contributed by atoms with Gasteiger partial charge in [0.25, 0.3) is 0 Å². The van der Waals surface area contributed by atoms with E-state index in [2.05, 4.69) is 15.1 Å². The van der Waals surface area contributed by atoms with E-state index in [1.54, 1.807) is 0 Å². The van der Waals surface area contributed by atoms with Gasteiger partial charge in [-0.3, -0.25) is 9.69 Å². The van der Waals surface area contributed by atoms with Crippen LogP contribution in [0.1, 0.15) is 19.3 Å². The van der Waals surface area contributed by atoms with E-state index in [1.165, 1.54) is 38.9 Å². The fourth-order valence-electron chi connectivity index (χ4n) is 2.95. The molecule has 0 spiro atoms. The molecule has 3 N–H and O–H groups in total. The summed E-state index contributed by atoms with van der Waals surface area (Å²) in [6.45, 7) is 8.41. The van der Waals surface area contributed by atoms with Gasteiger partial charge in [-0.05, 0) is 44.8 Å². The van der Waals surface area contributed by atoms with Crippen molar-refractivity contribution < 1.29 is 4.79 Å². The minimum absolute atomic E-state index is 0.200. The topological polar surface area (TPSA) is 61.6 Å². The van der Waals surface area contributed by atoms with E-state index in [0.717, 1.165) is 32.1 Å². The zero-order valence-corrected chi connectivity index (χ0v) is 11.2. The maximum absolute atomic E-state index is 10.8. The van der Waals surface area contributed by atoms with E-state index in [0.29, 0.717) is 6.54 Å². The van der Waals surface area contributed by atoms with E-state index in [4.69, 9.17) is 5.73 Å². The minimum Gasteiger partial charge on any atom is -0.369 e. The SMILES string of the molecule is NC(=O)CN1CCC(CCN2CCNCC2)CC1. The molecule has 0 aromatic rings. The second kappa shape index (κ2) is 7.07. The molecule has 0 atom stereocenters. The van der Waals surface area contributed by atoms with Crippen LogP contribution in [0.15, 0.2) is 0 Å². The molecule has 2 fully saturated rings. The van der Waals surface area contributed by atoms with Gasteiger partial charge >= 0.3 is 0 Å². The lowest BCUT2D eigenvalue weighted by Crippen LogP contribution is -2.44. The van der Waals surface area contributed by atoms with Gasteiger partial charge < -0.3 is 16.0 Å². The van der Waals surface area contributed by atoms with Crippen molar-refractivity contribution in [3.63, 3.8) is 0 Å². The molecule has 0 unspecified atom stereocenters. The van der Waals surface area contributed by atoms with Crippen molar-refractivity contribution in [1.82, 2.24) is 15.1 Å². The third kappa shape index (κ3) is 4.55. The zero-order chi connectivity index (χ0) is 12.8. The molecule has 5 nitrogen and oxygen atoms in total. The molecule has 1 amide bonds. The van der Waals surface area contributed by atoms with Gasteiger partial charge in [0.2, 0.25) is 5.91 Å². The smallest absolute Gasteiger partial charge is 0.231 e. The minimum atomic E-state index is -0.200. The van der Waals surface area contributed by atoms with E-state index >= 15 is 0 Å². The highest BCUT2D eigenvalue weighted by molar-refractivity contribution is 5.75. The molecule has 0 aromatic heterocycles. The molecule has 2 aliphatic heterocycles. The van der Waals surface area contributed by atoms with Crippen molar-refractivity contribution in [3.8, 4) is 0 Å². The number of primary amides is 1. The Morgan fingerprint density at radius 3 is 2.39 bits per heavy atom. The number of hydrogen-bond acceptors (Lipinski definition) is 4. The van der Waals surface area contributed by atoms with Crippen LogP contribution in [-0.2, 0) is 4.79 Å².